The van der Waals surface area contributed by atoms with Crippen molar-refractivity contribution in [3.63, 3.8) is 0 Å². The van der Waals surface area contributed by atoms with Crippen LogP contribution in [0.4, 0.5) is 0 Å². The van der Waals surface area contributed by atoms with E-state index in [4.69, 9.17) is 72.7 Å². The maximum Gasteiger partial charge on any atom is 0.494 e. The zero-order chi connectivity index (χ0) is 70.1. The number of aromatic nitrogens is 2. The fraction of sp³-hybridized carbons (Fsp3) is 0.333. The molecule has 5 heterocycles. The first kappa shape index (κ1) is 86.4. The van der Waals surface area contributed by atoms with Gasteiger partial charge in [0.05, 0.1) is 55.7 Å². The van der Waals surface area contributed by atoms with Crippen LogP contribution in [0, 0.1) is 0 Å². The van der Waals surface area contributed by atoms with E-state index in [9.17, 15) is 0 Å². The molecule has 8 nitrogen and oxygen atoms in total. The molecule has 0 aliphatic carbocycles. The normalized spacial score (nSPS) is 15.8. The molecule has 0 amide bonds. The van der Waals surface area contributed by atoms with E-state index in [2.05, 4.69) is 198 Å². The quantitative estimate of drug-likeness (QED) is 0.159. The lowest BCUT2D eigenvalue weighted by Crippen LogP contribution is -2.41. The summed E-state index contributed by atoms with van der Waals surface area (Å²) in [4.78, 5) is 0. The van der Waals surface area contributed by atoms with E-state index in [0.717, 1.165) is 15.6 Å². The lowest BCUT2D eigenvalue weighted by molar-refractivity contribution is 0.00578. The van der Waals surface area contributed by atoms with Crippen LogP contribution in [-0.4, -0.2) is 63.9 Å². The second kappa shape index (κ2) is 43.4. The molecule has 0 atom stereocenters. The predicted octanol–water partition coefficient (Wildman–Crippen LogP) is 12.8. The molecule has 3 saturated heterocycles. The molecule has 3 aliphatic rings. The summed E-state index contributed by atoms with van der Waals surface area (Å²) in [7, 11) is 43.9. The molecule has 97 heavy (non-hydrogen) atoms. The van der Waals surface area contributed by atoms with Crippen molar-refractivity contribution in [1.29, 1.82) is 0 Å². The van der Waals surface area contributed by atoms with E-state index in [1.54, 1.807) is 204 Å². The summed E-state index contributed by atoms with van der Waals surface area (Å²) in [5.41, 5.74) is 6.09. The minimum atomic E-state index is -0.476. The van der Waals surface area contributed by atoms with Crippen molar-refractivity contribution < 1.29 is 27.9 Å². The number of halogens is 1. The van der Waals surface area contributed by atoms with Crippen LogP contribution in [0.5, 0.6) is 0 Å². The van der Waals surface area contributed by atoms with Crippen LogP contribution in [-0.2, 0) is 312 Å². The molecule has 3 fully saturated rings. The molecule has 43 heteroatoms. The maximum atomic E-state index is 6.27. The molecule has 8 aromatic rings. The molecule has 3 aliphatic heterocycles. The van der Waals surface area contributed by atoms with Crippen molar-refractivity contribution in [2.75, 3.05) is 0 Å². The fourth-order valence-electron chi connectivity index (χ4n) is 9.07. The number of rotatable bonds is 4. The first-order valence-electron chi connectivity index (χ1n) is 27.8. The van der Waals surface area contributed by atoms with Gasteiger partial charge >= 0.3 is 21.1 Å². The fourth-order valence-corrected chi connectivity index (χ4v) is 72.6. The molecule has 0 radical (unpaired) electrons. The van der Waals surface area contributed by atoms with Gasteiger partial charge in [-0.25, -0.2) is 0 Å². The highest BCUT2D eigenvalue weighted by molar-refractivity contribution is 9.10. The average Bonchev–Trinajstić information content (AvgIpc) is 1.62. The number of fused-ring (bicyclic) bond motifs is 6. The molecular weight excluding hydrogens is 1880 g/mol. The van der Waals surface area contributed by atoms with Crippen LogP contribution in [0.25, 0.3) is 55.0 Å². The van der Waals surface area contributed by atoms with Gasteiger partial charge < -0.3 is 37.1 Å². The van der Waals surface area contributed by atoms with E-state index in [1.807, 2.05) is 55.4 Å². The van der Waals surface area contributed by atoms with E-state index < -0.39 is 14.0 Å². The largest absolute Gasteiger partial charge is 0.494 e. The Balaban J connectivity index is 0.000000175. The summed E-state index contributed by atoms with van der Waals surface area (Å²) in [6, 6.07) is 51.1. The van der Waals surface area contributed by atoms with Crippen LogP contribution >= 0.6 is 15.9 Å². The van der Waals surface area contributed by atoms with Gasteiger partial charge in [0.25, 0.3) is 0 Å². The maximum absolute atomic E-state index is 6.27. The lowest BCUT2D eigenvalue weighted by atomic mass is 9.49. The van der Waals surface area contributed by atoms with Gasteiger partial charge in [-0.3, -0.25) is 0 Å². The Labute approximate surface area is 674 Å². The summed E-state index contributed by atoms with van der Waals surface area (Å²) in [5, 5.41) is 5.12. The molecule has 0 N–H and O–H groups in total. The Morgan fingerprint density at radius 2 is 0.526 bits per heavy atom. The van der Waals surface area contributed by atoms with Crippen LogP contribution in [0.2, 0.25) is 0 Å². The number of hydrogen-bond acceptors (Lipinski definition) is 10. The summed E-state index contributed by atoms with van der Waals surface area (Å²) < 4.78 is 42.1. The Bertz CT molecular complexity index is 5250. The summed E-state index contributed by atoms with van der Waals surface area (Å²) >= 11 is 22.5. The van der Waals surface area contributed by atoms with E-state index in [1.165, 1.54) is 84.8 Å². The molecule has 2 aromatic heterocycles. The van der Waals surface area contributed by atoms with E-state index in [-0.39, 0.29) is 40.7 Å². The second-order valence-electron chi connectivity index (χ2n) is 22.5. The smallest absolute Gasteiger partial charge is 0.405 e. The van der Waals surface area contributed by atoms with Gasteiger partial charge in [-0.05, 0) is 143 Å². The molecule has 0 saturated carbocycles. The number of nitrogens with zero attached hydrogens (tertiary/aromatic N) is 2. The standard InChI is InChI=1S/C24H24BNO2.C18H12BrN.C12H24B2O4.S16.S15/c1-23(2)24(3,4)28-25(27-23)17-10-9-11-18(16-17)26-21-14-7-5-12-19(21)20-13-6-8-15-22(20)26;19-13-6-5-7-14(12-13)20-17-10-3-1-8-15(17)16-9-2-4-11-18(16)20;1-9(2)10(3,4)16-13(15-9)14-17-11(5,6)12(7,8)18-14;1-3-5-7-9-11-13-15-16-14-12-10-8-6-4-2;1-3-5-7-9-11-13-15-14-12-10-8-6-4-2/h5-16H,1-4H3;1-12H;1-8H3;;. The molecule has 0 unspecified atom stereocenters. The van der Waals surface area contributed by atoms with E-state index >= 15 is 0 Å². The lowest BCUT2D eigenvalue weighted by Gasteiger charge is -2.32. The number of benzene rings is 6. The Hall–Kier alpha value is 2.17. The molecule has 11 rings (SSSR count). The molecule has 0 bridgehead atoms. The number of para-hydroxylation sites is 4. The monoisotopic (exact) mass is 1940 g/mol. The van der Waals surface area contributed by atoms with Gasteiger partial charge in [0.2, 0.25) is 0 Å². The third kappa shape index (κ3) is 25.6. The second-order valence-corrected chi connectivity index (χ2v) is 71.2. The minimum absolute atomic E-state index is 0.347. The molecule has 0 spiro atoms. The SMILES string of the molecule is Brc1cccc(-n2c3ccccc3c3ccccc32)c1.CC1(C)OB(B2OC(C)(C)C(C)(C)O2)OC1(C)C.CC1(C)OB(c2cccc(-n3c4ccccc4c4ccccc43)c2)OC1(C)C.S=S=S=S=S=S=S=S=S=S=S=S=S=S=S.S=S=S=S=S=S=S=S=S=S=S=S=S=S=S=S. The highest BCUT2D eigenvalue weighted by Crippen LogP contribution is 2.43. The molecular formula is C54H60B3BrN2O6S31. The predicted molar refractivity (Wildman–Crippen MR) is 505 cm³/mol. The zero-order valence-electron chi connectivity index (χ0n) is 53.0. The van der Waals surface area contributed by atoms with E-state index in [0.29, 0.717) is 0 Å². The van der Waals surface area contributed by atoms with Crippen LogP contribution in [0.1, 0.15) is 83.1 Å². The Morgan fingerprint density at radius 3 is 0.794 bits per heavy atom. The van der Waals surface area contributed by atoms with Gasteiger partial charge in [-0.1, -0.05) is 107 Å². The molecule has 524 valence electrons. The minimum Gasteiger partial charge on any atom is -0.405 e. The summed E-state index contributed by atoms with van der Waals surface area (Å²) in [5.74, 6) is 0. The van der Waals surface area contributed by atoms with Gasteiger partial charge in [-0.2, -0.15) is 0 Å². The highest BCUT2D eigenvalue weighted by atomic mass is 79.9. The first-order chi connectivity index (χ1) is 46.4. The molecule has 6 aromatic carbocycles. The third-order valence-electron chi connectivity index (χ3n) is 15.3. The highest BCUT2D eigenvalue weighted by Gasteiger charge is 2.63. The first-order valence-corrected chi connectivity index (χ1v) is 67.3. The van der Waals surface area contributed by atoms with Crippen molar-refractivity contribution in [3.05, 3.63) is 150 Å². The van der Waals surface area contributed by atoms with Gasteiger partial charge in [-0.15, -0.1) is 0 Å². The van der Waals surface area contributed by atoms with Gasteiger partial charge in [0, 0.05) is 322 Å². The number of hydrogen-bond donors (Lipinski definition) is 0. The third-order valence-corrected chi connectivity index (χ3v) is 71.4. The zero-order valence-corrected chi connectivity index (χ0v) is 79.9. The Morgan fingerprint density at radius 1 is 0.289 bits per heavy atom. The van der Waals surface area contributed by atoms with Crippen LogP contribution in [0.15, 0.2) is 150 Å². The summed E-state index contributed by atoms with van der Waals surface area (Å²) in [6.07, 6.45) is 0. The van der Waals surface area contributed by atoms with Gasteiger partial charge in [0.15, 0.2) is 0 Å². The van der Waals surface area contributed by atoms with Crippen LogP contribution < -0.4 is 5.46 Å². The average molecular weight is 1940 g/mol. The van der Waals surface area contributed by atoms with Crippen molar-refractivity contribution in [3.8, 4) is 11.4 Å². The van der Waals surface area contributed by atoms with Crippen molar-refractivity contribution in [1.82, 2.24) is 9.13 Å². The van der Waals surface area contributed by atoms with Crippen LogP contribution in [0.3, 0.4) is 0 Å². The summed E-state index contributed by atoms with van der Waals surface area (Å²) in [6.45, 7) is 24.6. The van der Waals surface area contributed by atoms with Crippen molar-refractivity contribution in [2.45, 2.75) is 117 Å². The topological polar surface area (TPSA) is 65.2 Å². The van der Waals surface area contributed by atoms with Gasteiger partial charge in [0.1, 0.15) is 0 Å². The van der Waals surface area contributed by atoms with Crippen molar-refractivity contribution >= 4 is 371 Å². The van der Waals surface area contributed by atoms with Crippen molar-refractivity contribution in [2.24, 2.45) is 0 Å². The Kier molecular flexibility index (Phi) is 38.7.